The number of amides is 1. The van der Waals surface area contributed by atoms with Crippen LogP contribution in [0.15, 0.2) is 42.5 Å². The first-order valence-corrected chi connectivity index (χ1v) is 7.45. The summed E-state index contributed by atoms with van der Waals surface area (Å²) < 4.78 is 43.9. The van der Waals surface area contributed by atoms with Crippen LogP contribution >= 0.6 is 11.6 Å². The maximum absolute atomic E-state index is 12.8. The largest absolute Gasteiger partial charge is 0.481 e. The Bertz CT molecular complexity index is 730. The predicted molar refractivity (Wildman–Crippen MR) is 86.4 cm³/mol. The molecule has 0 fully saturated rings. The first-order chi connectivity index (χ1) is 11.2. The van der Waals surface area contributed by atoms with E-state index in [1.807, 2.05) is 19.1 Å². The summed E-state index contributed by atoms with van der Waals surface area (Å²) in [6.45, 7) is 3.43. The fourth-order valence-corrected chi connectivity index (χ4v) is 2.16. The Morgan fingerprint density at radius 3 is 2.38 bits per heavy atom. The molecule has 0 radical (unpaired) electrons. The zero-order valence-corrected chi connectivity index (χ0v) is 13.7. The van der Waals surface area contributed by atoms with E-state index in [0.717, 1.165) is 17.7 Å². The van der Waals surface area contributed by atoms with E-state index in [2.05, 4.69) is 5.32 Å². The number of rotatable bonds is 4. The third kappa shape index (κ3) is 4.64. The molecule has 3 nitrogen and oxygen atoms in total. The smallest absolute Gasteiger partial charge is 0.417 e. The summed E-state index contributed by atoms with van der Waals surface area (Å²) in [5.74, 6) is -0.0682. The van der Waals surface area contributed by atoms with Gasteiger partial charge in [-0.2, -0.15) is 13.2 Å². The topological polar surface area (TPSA) is 38.3 Å². The zero-order valence-electron chi connectivity index (χ0n) is 12.9. The maximum atomic E-state index is 12.8. The van der Waals surface area contributed by atoms with Crippen molar-refractivity contribution in [1.29, 1.82) is 0 Å². The summed E-state index contributed by atoms with van der Waals surface area (Å²) in [6, 6.07) is 10.3. The second-order valence-corrected chi connectivity index (χ2v) is 5.66. The highest BCUT2D eigenvalue weighted by Crippen LogP contribution is 2.36. The molecule has 0 spiro atoms. The Hall–Kier alpha value is -2.21. The zero-order chi connectivity index (χ0) is 17.9. The summed E-state index contributed by atoms with van der Waals surface area (Å²) in [6.07, 6.45) is -5.47. The van der Waals surface area contributed by atoms with Crippen molar-refractivity contribution in [2.75, 3.05) is 5.32 Å². The Morgan fingerprint density at radius 2 is 1.79 bits per heavy atom. The normalized spacial score (nSPS) is 12.6. The number of anilines is 1. The molecule has 2 aromatic carbocycles. The molecule has 2 aromatic rings. The average molecular weight is 358 g/mol. The van der Waals surface area contributed by atoms with Crippen LogP contribution in [0.4, 0.5) is 18.9 Å². The van der Waals surface area contributed by atoms with Gasteiger partial charge in [0.1, 0.15) is 5.75 Å². The molecule has 1 N–H and O–H groups in total. The van der Waals surface area contributed by atoms with E-state index < -0.39 is 28.8 Å². The molecule has 128 valence electrons. The van der Waals surface area contributed by atoms with Crippen LogP contribution in [0.5, 0.6) is 5.75 Å². The molecule has 0 aliphatic heterocycles. The number of nitrogens with one attached hydrogen (secondary N) is 1. The molecule has 7 heteroatoms. The van der Waals surface area contributed by atoms with E-state index in [1.54, 1.807) is 12.1 Å². The number of ether oxygens (including phenoxy) is 1. The highest BCUT2D eigenvalue weighted by molar-refractivity contribution is 6.31. The van der Waals surface area contributed by atoms with Crippen molar-refractivity contribution in [1.82, 2.24) is 0 Å². The molecule has 1 atom stereocenters. The van der Waals surface area contributed by atoms with Gasteiger partial charge in [0.2, 0.25) is 0 Å². The molecule has 24 heavy (non-hydrogen) atoms. The minimum Gasteiger partial charge on any atom is -0.481 e. The summed E-state index contributed by atoms with van der Waals surface area (Å²) in [5, 5.41) is 1.96. The molecule has 0 bridgehead atoms. The lowest BCUT2D eigenvalue weighted by atomic mass is 10.2. The van der Waals surface area contributed by atoms with Crippen LogP contribution in [0.1, 0.15) is 18.1 Å². The van der Waals surface area contributed by atoms with E-state index in [4.69, 9.17) is 16.3 Å². The number of carbonyl (C=O) groups is 1. The molecule has 0 aromatic heterocycles. The number of alkyl halides is 3. The van der Waals surface area contributed by atoms with E-state index in [-0.39, 0.29) is 5.69 Å². The summed E-state index contributed by atoms with van der Waals surface area (Å²) in [7, 11) is 0. The molecule has 0 aliphatic carbocycles. The Morgan fingerprint density at radius 1 is 1.17 bits per heavy atom. The highest BCUT2D eigenvalue weighted by Gasteiger charge is 2.33. The molecular weight excluding hydrogens is 343 g/mol. The lowest BCUT2D eigenvalue weighted by Crippen LogP contribution is -2.30. The lowest BCUT2D eigenvalue weighted by Gasteiger charge is -2.16. The molecule has 1 amide bonds. The number of benzene rings is 2. The predicted octanol–water partition coefficient (Wildman–Crippen LogP) is 5.07. The van der Waals surface area contributed by atoms with Gasteiger partial charge in [-0.05, 0) is 44.2 Å². The Kier molecular flexibility index (Phi) is 5.39. The Balaban J connectivity index is 2.07. The Labute approximate surface area is 142 Å². The van der Waals surface area contributed by atoms with Gasteiger partial charge in [-0.25, -0.2) is 0 Å². The van der Waals surface area contributed by atoms with Gasteiger partial charge < -0.3 is 10.1 Å². The fourth-order valence-electron chi connectivity index (χ4n) is 1.94. The fraction of sp³-hybridized carbons (Fsp3) is 0.235. The third-order valence-electron chi connectivity index (χ3n) is 3.24. The van der Waals surface area contributed by atoms with Crippen LogP contribution in [-0.4, -0.2) is 12.0 Å². The van der Waals surface area contributed by atoms with Crippen LogP contribution in [0.3, 0.4) is 0 Å². The van der Waals surface area contributed by atoms with E-state index in [1.165, 1.54) is 13.0 Å². The first-order valence-electron chi connectivity index (χ1n) is 7.08. The molecule has 0 heterocycles. The third-order valence-corrected chi connectivity index (χ3v) is 3.57. The van der Waals surface area contributed by atoms with Gasteiger partial charge >= 0.3 is 6.18 Å². The number of aryl methyl sites for hydroxylation is 1. The van der Waals surface area contributed by atoms with Crippen molar-refractivity contribution in [3.8, 4) is 5.75 Å². The molecule has 0 unspecified atom stereocenters. The van der Waals surface area contributed by atoms with Gasteiger partial charge in [-0.3, -0.25) is 4.79 Å². The molecule has 0 aliphatic rings. The van der Waals surface area contributed by atoms with Crippen LogP contribution < -0.4 is 10.1 Å². The summed E-state index contributed by atoms with van der Waals surface area (Å²) >= 11 is 5.54. The lowest BCUT2D eigenvalue weighted by molar-refractivity contribution is -0.137. The van der Waals surface area contributed by atoms with Gasteiger partial charge in [0.25, 0.3) is 5.91 Å². The van der Waals surface area contributed by atoms with E-state index in [9.17, 15) is 18.0 Å². The number of halogens is 4. The van der Waals surface area contributed by atoms with Crippen LogP contribution in [0.25, 0.3) is 0 Å². The van der Waals surface area contributed by atoms with Crippen LogP contribution in [0, 0.1) is 6.92 Å². The SMILES string of the molecule is Cc1ccc(O[C@H](C)C(=O)Nc2ccc(Cl)c(C(F)(F)F)c2)cc1. The quantitative estimate of drug-likeness (QED) is 0.829. The monoisotopic (exact) mass is 357 g/mol. The van der Waals surface area contributed by atoms with Crippen LogP contribution in [0.2, 0.25) is 5.02 Å². The van der Waals surface area contributed by atoms with Crippen LogP contribution in [-0.2, 0) is 11.0 Å². The van der Waals surface area contributed by atoms with E-state index >= 15 is 0 Å². The minimum atomic E-state index is -4.60. The van der Waals surface area contributed by atoms with Gasteiger partial charge in [0.15, 0.2) is 6.10 Å². The van der Waals surface area contributed by atoms with Crippen molar-refractivity contribution >= 4 is 23.2 Å². The van der Waals surface area contributed by atoms with Crippen molar-refractivity contribution in [2.24, 2.45) is 0 Å². The van der Waals surface area contributed by atoms with Gasteiger partial charge in [0.05, 0.1) is 10.6 Å². The maximum Gasteiger partial charge on any atom is 0.417 e. The highest BCUT2D eigenvalue weighted by atomic mass is 35.5. The van der Waals surface area contributed by atoms with Gasteiger partial charge in [-0.1, -0.05) is 29.3 Å². The second kappa shape index (κ2) is 7.13. The summed E-state index contributed by atoms with van der Waals surface area (Å²) in [4.78, 5) is 12.1. The van der Waals surface area contributed by atoms with Crippen molar-refractivity contribution in [2.45, 2.75) is 26.1 Å². The molecular formula is C17H15ClF3NO2. The molecule has 2 rings (SSSR count). The van der Waals surface area contributed by atoms with Gasteiger partial charge in [0, 0.05) is 5.69 Å². The van der Waals surface area contributed by atoms with Crippen molar-refractivity contribution < 1.29 is 22.7 Å². The number of hydrogen-bond acceptors (Lipinski definition) is 2. The van der Waals surface area contributed by atoms with Crippen molar-refractivity contribution in [3.63, 3.8) is 0 Å². The molecule has 0 saturated heterocycles. The molecule has 0 saturated carbocycles. The standard InChI is InChI=1S/C17H15ClF3NO2/c1-10-3-6-13(7-4-10)24-11(2)16(23)22-12-5-8-15(18)14(9-12)17(19,20)21/h3-9,11H,1-2H3,(H,22,23)/t11-/m1/s1. The number of hydrogen-bond donors (Lipinski definition) is 1. The van der Waals surface area contributed by atoms with Crippen molar-refractivity contribution in [3.05, 3.63) is 58.6 Å². The van der Waals surface area contributed by atoms with E-state index in [0.29, 0.717) is 5.75 Å². The average Bonchev–Trinajstić information content (AvgIpc) is 2.50. The number of carbonyl (C=O) groups excluding carboxylic acids is 1. The summed E-state index contributed by atoms with van der Waals surface area (Å²) in [5.41, 5.74) is 0.0328. The first kappa shape index (κ1) is 18.1. The minimum absolute atomic E-state index is 0.00363. The second-order valence-electron chi connectivity index (χ2n) is 5.25. The van der Waals surface area contributed by atoms with Gasteiger partial charge in [-0.15, -0.1) is 0 Å².